The number of rotatable bonds is 2. The molecule has 78 valence electrons. The van der Waals surface area contributed by atoms with Crippen LogP contribution in [0.4, 0.5) is 8.78 Å². The van der Waals surface area contributed by atoms with Crippen LogP contribution >= 0.6 is 27.3 Å². The monoisotopic (exact) mass is 282 g/mol. The Kier molecular flexibility index (Phi) is 2.40. The SMILES string of the molecule is NCC1(c2csc(Br)n2)CC(F)(F)C1. The molecule has 0 unspecified atom stereocenters. The van der Waals surface area contributed by atoms with Crippen LogP contribution in [0.3, 0.4) is 0 Å². The first-order valence-electron chi connectivity index (χ1n) is 4.17. The van der Waals surface area contributed by atoms with E-state index in [1.54, 1.807) is 5.38 Å². The molecular weight excluding hydrogens is 274 g/mol. The van der Waals surface area contributed by atoms with Crippen molar-refractivity contribution in [2.24, 2.45) is 5.73 Å². The fourth-order valence-corrected chi connectivity index (χ4v) is 3.00. The Balaban J connectivity index is 2.24. The molecule has 1 heterocycles. The Morgan fingerprint density at radius 3 is 2.57 bits per heavy atom. The summed E-state index contributed by atoms with van der Waals surface area (Å²) in [6, 6.07) is 0. The molecule has 0 saturated heterocycles. The molecule has 1 aliphatic rings. The molecule has 0 aliphatic heterocycles. The summed E-state index contributed by atoms with van der Waals surface area (Å²) in [4.78, 5) is 4.16. The zero-order valence-corrected chi connectivity index (χ0v) is 9.67. The number of halogens is 3. The predicted molar refractivity (Wildman–Crippen MR) is 54.7 cm³/mol. The van der Waals surface area contributed by atoms with Gasteiger partial charge in [0.1, 0.15) is 0 Å². The molecule has 1 aliphatic carbocycles. The molecule has 0 atom stereocenters. The van der Waals surface area contributed by atoms with Crippen molar-refractivity contribution < 1.29 is 8.78 Å². The number of hydrogen-bond donors (Lipinski definition) is 1. The Labute approximate surface area is 92.6 Å². The van der Waals surface area contributed by atoms with Crippen LogP contribution in [0.2, 0.25) is 0 Å². The van der Waals surface area contributed by atoms with Gasteiger partial charge >= 0.3 is 0 Å². The maximum atomic E-state index is 12.8. The van der Waals surface area contributed by atoms with Gasteiger partial charge in [-0.05, 0) is 15.9 Å². The fraction of sp³-hybridized carbons (Fsp3) is 0.625. The van der Waals surface area contributed by atoms with E-state index in [1.807, 2.05) is 0 Å². The number of thiazole rings is 1. The molecule has 1 saturated carbocycles. The van der Waals surface area contributed by atoms with Crippen molar-refractivity contribution >= 4 is 27.3 Å². The summed E-state index contributed by atoms with van der Waals surface area (Å²) in [5.74, 6) is -2.56. The van der Waals surface area contributed by atoms with Gasteiger partial charge in [-0.1, -0.05) is 0 Å². The van der Waals surface area contributed by atoms with E-state index in [1.165, 1.54) is 11.3 Å². The molecular formula is C8H9BrF2N2S. The summed E-state index contributed by atoms with van der Waals surface area (Å²) in [7, 11) is 0. The second kappa shape index (κ2) is 3.21. The largest absolute Gasteiger partial charge is 0.330 e. The lowest BCUT2D eigenvalue weighted by Crippen LogP contribution is -2.53. The average molecular weight is 283 g/mol. The van der Waals surface area contributed by atoms with Gasteiger partial charge < -0.3 is 5.73 Å². The first-order chi connectivity index (χ1) is 6.47. The van der Waals surface area contributed by atoms with Crippen LogP contribution in [-0.4, -0.2) is 17.5 Å². The van der Waals surface area contributed by atoms with Crippen LogP contribution in [0.5, 0.6) is 0 Å². The quantitative estimate of drug-likeness (QED) is 0.905. The van der Waals surface area contributed by atoms with Gasteiger partial charge in [0, 0.05) is 30.2 Å². The van der Waals surface area contributed by atoms with E-state index in [4.69, 9.17) is 5.73 Å². The van der Waals surface area contributed by atoms with Gasteiger partial charge in [-0.3, -0.25) is 0 Å². The molecule has 2 N–H and O–H groups in total. The summed E-state index contributed by atoms with van der Waals surface area (Å²) >= 11 is 4.62. The Hall–Kier alpha value is -0.0700. The molecule has 0 bridgehead atoms. The van der Waals surface area contributed by atoms with Gasteiger partial charge in [0.15, 0.2) is 3.92 Å². The molecule has 2 nitrogen and oxygen atoms in total. The van der Waals surface area contributed by atoms with Gasteiger partial charge in [0.25, 0.3) is 0 Å². The van der Waals surface area contributed by atoms with E-state index < -0.39 is 11.3 Å². The van der Waals surface area contributed by atoms with Crippen molar-refractivity contribution in [3.63, 3.8) is 0 Å². The van der Waals surface area contributed by atoms with Crippen LogP contribution in [0.25, 0.3) is 0 Å². The van der Waals surface area contributed by atoms with Gasteiger partial charge in [0.05, 0.1) is 5.69 Å². The molecule has 14 heavy (non-hydrogen) atoms. The lowest BCUT2D eigenvalue weighted by atomic mass is 9.64. The molecule has 1 fully saturated rings. The highest BCUT2D eigenvalue weighted by Gasteiger charge is 2.57. The van der Waals surface area contributed by atoms with E-state index in [2.05, 4.69) is 20.9 Å². The van der Waals surface area contributed by atoms with E-state index in [0.29, 0.717) is 5.69 Å². The molecule has 6 heteroatoms. The second-order valence-electron chi connectivity index (χ2n) is 3.68. The molecule has 0 aromatic carbocycles. The maximum Gasteiger partial charge on any atom is 0.250 e. The predicted octanol–water partition coefficient (Wildman–Crippen LogP) is 2.53. The number of nitrogens with two attached hydrogens (primary N) is 1. The van der Waals surface area contributed by atoms with Crippen LogP contribution in [0.15, 0.2) is 9.30 Å². The zero-order chi connectivity index (χ0) is 10.4. The van der Waals surface area contributed by atoms with Gasteiger partial charge in [-0.15, -0.1) is 11.3 Å². The van der Waals surface area contributed by atoms with Crippen molar-refractivity contribution in [2.45, 2.75) is 24.2 Å². The standard InChI is InChI=1S/C8H9BrF2N2S/c9-6-13-5(1-14-6)7(4-12)2-8(10,11)3-7/h1H,2-4,12H2. The molecule has 0 radical (unpaired) electrons. The minimum Gasteiger partial charge on any atom is -0.330 e. The average Bonchev–Trinajstić information content (AvgIpc) is 2.47. The van der Waals surface area contributed by atoms with Gasteiger partial charge in [-0.25, -0.2) is 13.8 Å². The van der Waals surface area contributed by atoms with Crippen molar-refractivity contribution in [1.29, 1.82) is 0 Å². The van der Waals surface area contributed by atoms with Gasteiger partial charge in [-0.2, -0.15) is 0 Å². The number of alkyl halides is 2. The van der Waals surface area contributed by atoms with E-state index >= 15 is 0 Å². The molecule has 2 rings (SSSR count). The lowest BCUT2D eigenvalue weighted by Gasteiger charge is -2.45. The van der Waals surface area contributed by atoms with Crippen molar-refractivity contribution in [3.8, 4) is 0 Å². The summed E-state index contributed by atoms with van der Waals surface area (Å²) in [5, 5.41) is 1.80. The Bertz CT molecular complexity index is 345. The minimum absolute atomic E-state index is 0.174. The minimum atomic E-state index is -2.56. The highest BCUT2D eigenvalue weighted by molar-refractivity contribution is 9.11. The van der Waals surface area contributed by atoms with E-state index in [-0.39, 0.29) is 19.4 Å². The third kappa shape index (κ3) is 1.59. The lowest BCUT2D eigenvalue weighted by molar-refractivity contribution is -0.124. The van der Waals surface area contributed by atoms with Crippen LogP contribution in [0.1, 0.15) is 18.5 Å². The maximum absolute atomic E-state index is 12.8. The van der Waals surface area contributed by atoms with Crippen LogP contribution in [-0.2, 0) is 5.41 Å². The van der Waals surface area contributed by atoms with Crippen molar-refractivity contribution in [1.82, 2.24) is 4.98 Å². The third-order valence-corrected chi connectivity index (χ3v) is 3.97. The summed E-state index contributed by atoms with van der Waals surface area (Å²) in [6.45, 7) is 0.235. The van der Waals surface area contributed by atoms with Crippen LogP contribution < -0.4 is 5.73 Å². The summed E-state index contributed by atoms with van der Waals surface area (Å²) < 4.78 is 26.4. The molecule has 0 spiro atoms. The second-order valence-corrected chi connectivity index (χ2v) is 5.81. The number of aromatic nitrogens is 1. The Morgan fingerprint density at radius 2 is 2.21 bits per heavy atom. The molecule has 0 amide bonds. The highest BCUT2D eigenvalue weighted by atomic mass is 79.9. The molecule has 1 aromatic heterocycles. The van der Waals surface area contributed by atoms with E-state index in [9.17, 15) is 8.78 Å². The molecule has 1 aromatic rings. The van der Waals surface area contributed by atoms with Crippen molar-refractivity contribution in [2.75, 3.05) is 6.54 Å². The first kappa shape index (κ1) is 10.4. The summed E-state index contributed by atoms with van der Waals surface area (Å²) in [6.07, 6.45) is -0.348. The summed E-state index contributed by atoms with van der Waals surface area (Å²) in [5.41, 5.74) is 5.65. The Morgan fingerprint density at radius 1 is 1.57 bits per heavy atom. The zero-order valence-electron chi connectivity index (χ0n) is 7.27. The van der Waals surface area contributed by atoms with Crippen molar-refractivity contribution in [3.05, 3.63) is 15.0 Å². The number of hydrogen-bond acceptors (Lipinski definition) is 3. The first-order valence-corrected chi connectivity index (χ1v) is 5.84. The smallest absolute Gasteiger partial charge is 0.250 e. The van der Waals surface area contributed by atoms with Gasteiger partial charge in [0.2, 0.25) is 5.92 Å². The fourth-order valence-electron chi connectivity index (χ4n) is 1.86. The third-order valence-electron chi connectivity index (χ3n) is 2.60. The van der Waals surface area contributed by atoms with E-state index in [0.717, 1.165) is 3.92 Å². The number of nitrogens with zero attached hydrogens (tertiary/aromatic N) is 1. The highest BCUT2D eigenvalue weighted by Crippen LogP contribution is 2.52. The normalized spacial score (nSPS) is 23.1. The van der Waals surface area contributed by atoms with Crippen LogP contribution in [0, 0.1) is 0 Å². The topological polar surface area (TPSA) is 38.9 Å².